The summed E-state index contributed by atoms with van der Waals surface area (Å²) in [5, 5.41) is 4.39. The molecule has 1 fully saturated rings. The fourth-order valence-corrected chi connectivity index (χ4v) is 3.59. The van der Waals surface area contributed by atoms with Crippen LogP contribution in [0.2, 0.25) is 5.02 Å². The number of aromatic nitrogens is 3. The minimum absolute atomic E-state index is 0.0713. The standard InChI is InChI=1S/C23H17ClF2N4O3/c24-16-4-5-20(27-13-16)32-17-3-1-2-14(10-17)23-28-22(29-33-23)15-11-18(25)21(19(26)12-15)30-6-8-31-9-7-30/h1-5,10-13H,6-9H2. The largest absolute Gasteiger partial charge is 0.439 e. The number of hydrogen-bond donors (Lipinski definition) is 0. The molecule has 0 N–H and O–H groups in total. The van der Waals surface area contributed by atoms with Crippen molar-refractivity contribution < 1.29 is 22.8 Å². The maximum atomic E-state index is 14.8. The molecule has 0 saturated carbocycles. The molecule has 0 radical (unpaired) electrons. The Hall–Kier alpha value is -3.56. The van der Waals surface area contributed by atoms with Gasteiger partial charge in [0.1, 0.15) is 23.1 Å². The molecule has 33 heavy (non-hydrogen) atoms. The Morgan fingerprint density at radius 1 is 0.970 bits per heavy atom. The van der Waals surface area contributed by atoms with Crippen molar-refractivity contribution in [3.05, 3.63) is 71.4 Å². The highest BCUT2D eigenvalue weighted by Crippen LogP contribution is 2.31. The van der Waals surface area contributed by atoms with E-state index in [-0.39, 0.29) is 23.0 Å². The van der Waals surface area contributed by atoms with Gasteiger partial charge in [-0.1, -0.05) is 22.8 Å². The summed E-state index contributed by atoms with van der Waals surface area (Å²) in [5.74, 6) is -0.268. The zero-order valence-electron chi connectivity index (χ0n) is 17.2. The van der Waals surface area contributed by atoms with Crippen LogP contribution in [0, 0.1) is 11.6 Å². The first kappa shape index (κ1) is 21.3. The van der Waals surface area contributed by atoms with Crippen molar-refractivity contribution >= 4 is 17.3 Å². The summed E-state index contributed by atoms with van der Waals surface area (Å²) in [4.78, 5) is 10.0. The van der Waals surface area contributed by atoms with E-state index in [0.717, 1.165) is 0 Å². The molecule has 0 amide bonds. The second kappa shape index (κ2) is 9.13. The Morgan fingerprint density at radius 3 is 2.48 bits per heavy atom. The third kappa shape index (κ3) is 4.64. The molecule has 1 aliphatic rings. The number of anilines is 1. The topological polar surface area (TPSA) is 73.5 Å². The SMILES string of the molecule is Fc1cc(-c2noc(-c3cccc(Oc4ccc(Cl)cn4)c3)n2)cc(F)c1N1CCOCC1. The zero-order valence-corrected chi connectivity index (χ0v) is 17.9. The fraction of sp³-hybridized carbons (Fsp3) is 0.174. The van der Waals surface area contributed by atoms with Gasteiger partial charge in [0, 0.05) is 36.5 Å². The molecule has 0 spiro atoms. The van der Waals surface area contributed by atoms with E-state index < -0.39 is 11.6 Å². The van der Waals surface area contributed by atoms with Crippen LogP contribution in [0.1, 0.15) is 0 Å². The first-order valence-corrected chi connectivity index (χ1v) is 10.5. The molecular formula is C23H17ClF2N4O3. The summed E-state index contributed by atoms with van der Waals surface area (Å²) in [6, 6.07) is 12.7. The predicted octanol–water partition coefficient (Wildman–Crippen LogP) is 5.36. The van der Waals surface area contributed by atoms with Gasteiger partial charge in [-0.3, -0.25) is 0 Å². The number of hydrogen-bond acceptors (Lipinski definition) is 7. The van der Waals surface area contributed by atoms with Gasteiger partial charge in [-0.2, -0.15) is 4.98 Å². The van der Waals surface area contributed by atoms with Crippen LogP contribution in [0.5, 0.6) is 11.6 Å². The smallest absolute Gasteiger partial charge is 0.258 e. The Labute approximate surface area is 192 Å². The van der Waals surface area contributed by atoms with E-state index in [2.05, 4.69) is 15.1 Å². The highest BCUT2D eigenvalue weighted by molar-refractivity contribution is 6.30. The molecule has 5 rings (SSSR count). The van der Waals surface area contributed by atoms with Crippen molar-refractivity contribution in [1.29, 1.82) is 0 Å². The van der Waals surface area contributed by atoms with E-state index in [1.54, 1.807) is 41.3 Å². The molecule has 0 unspecified atom stereocenters. The molecule has 1 saturated heterocycles. The maximum absolute atomic E-state index is 14.8. The Morgan fingerprint density at radius 2 is 1.76 bits per heavy atom. The van der Waals surface area contributed by atoms with Crippen LogP contribution in [0.15, 0.2) is 59.3 Å². The van der Waals surface area contributed by atoms with Gasteiger partial charge < -0.3 is 18.9 Å². The van der Waals surface area contributed by atoms with Gasteiger partial charge in [0.15, 0.2) is 0 Å². The third-order valence-corrected chi connectivity index (χ3v) is 5.26. The fourth-order valence-electron chi connectivity index (χ4n) is 3.48. The summed E-state index contributed by atoms with van der Waals surface area (Å²) < 4.78 is 45.8. The van der Waals surface area contributed by atoms with Crippen LogP contribution >= 0.6 is 11.6 Å². The molecule has 7 nitrogen and oxygen atoms in total. The normalized spacial score (nSPS) is 13.8. The third-order valence-electron chi connectivity index (χ3n) is 5.03. The lowest BCUT2D eigenvalue weighted by Crippen LogP contribution is -2.37. The highest BCUT2D eigenvalue weighted by Gasteiger charge is 2.22. The molecule has 2 aromatic heterocycles. The highest BCUT2D eigenvalue weighted by atomic mass is 35.5. The Kier molecular flexibility index (Phi) is 5.89. The molecule has 3 heterocycles. The van der Waals surface area contributed by atoms with Crippen molar-refractivity contribution in [3.63, 3.8) is 0 Å². The second-order valence-corrected chi connectivity index (χ2v) is 7.69. The van der Waals surface area contributed by atoms with Crippen LogP contribution < -0.4 is 9.64 Å². The van der Waals surface area contributed by atoms with Crippen LogP contribution in [0.4, 0.5) is 14.5 Å². The number of morpholine rings is 1. The molecule has 0 atom stereocenters. The van der Waals surface area contributed by atoms with E-state index in [1.165, 1.54) is 18.3 Å². The number of nitrogens with zero attached hydrogens (tertiary/aromatic N) is 4. The summed E-state index contributed by atoms with van der Waals surface area (Å²) in [6.45, 7) is 1.68. The van der Waals surface area contributed by atoms with Gasteiger partial charge in [-0.05, 0) is 36.4 Å². The lowest BCUT2D eigenvalue weighted by atomic mass is 10.1. The van der Waals surface area contributed by atoms with Gasteiger partial charge in [-0.25, -0.2) is 13.8 Å². The molecule has 168 valence electrons. The first-order chi connectivity index (χ1) is 16.1. The van der Waals surface area contributed by atoms with Crippen molar-refractivity contribution in [1.82, 2.24) is 15.1 Å². The van der Waals surface area contributed by atoms with E-state index in [4.69, 9.17) is 25.6 Å². The minimum Gasteiger partial charge on any atom is -0.439 e. The number of pyridine rings is 1. The molecule has 4 aromatic rings. The average molecular weight is 471 g/mol. The monoisotopic (exact) mass is 470 g/mol. The quantitative estimate of drug-likeness (QED) is 0.389. The average Bonchev–Trinajstić information content (AvgIpc) is 3.32. The van der Waals surface area contributed by atoms with Crippen molar-refractivity contribution in [2.45, 2.75) is 0 Å². The van der Waals surface area contributed by atoms with E-state index in [9.17, 15) is 8.78 Å². The van der Waals surface area contributed by atoms with Crippen molar-refractivity contribution in [2.24, 2.45) is 0 Å². The molecule has 0 bridgehead atoms. The molecule has 10 heteroatoms. The van der Waals surface area contributed by atoms with Gasteiger partial charge in [0.2, 0.25) is 11.7 Å². The van der Waals surface area contributed by atoms with Crippen LogP contribution in [-0.4, -0.2) is 41.4 Å². The molecule has 1 aliphatic heterocycles. The predicted molar refractivity (Wildman–Crippen MR) is 117 cm³/mol. The van der Waals surface area contributed by atoms with Gasteiger partial charge in [0.25, 0.3) is 5.89 Å². The molecule has 2 aromatic carbocycles. The van der Waals surface area contributed by atoms with Gasteiger partial charge in [0.05, 0.1) is 18.2 Å². The zero-order chi connectivity index (χ0) is 22.8. The van der Waals surface area contributed by atoms with E-state index in [1.807, 2.05) is 0 Å². The summed E-state index contributed by atoms with van der Waals surface area (Å²) in [7, 11) is 0. The lowest BCUT2D eigenvalue weighted by molar-refractivity contribution is 0.122. The number of ether oxygens (including phenoxy) is 2. The lowest BCUT2D eigenvalue weighted by Gasteiger charge is -2.29. The van der Waals surface area contributed by atoms with Crippen molar-refractivity contribution in [2.75, 3.05) is 31.2 Å². The molecule has 0 aliphatic carbocycles. The number of benzene rings is 2. The van der Waals surface area contributed by atoms with Crippen LogP contribution in [0.25, 0.3) is 22.8 Å². The van der Waals surface area contributed by atoms with Crippen LogP contribution in [-0.2, 0) is 4.74 Å². The maximum Gasteiger partial charge on any atom is 0.258 e. The first-order valence-electron chi connectivity index (χ1n) is 10.1. The Bertz CT molecular complexity index is 1250. The van der Waals surface area contributed by atoms with Gasteiger partial charge >= 0.3 is 0 Å². The van der Waals surface area contributed by atoms with E-state index in [0.29, 0.717) is 48.5 Å². The van der Waals surface area contributed by atoms with Crippen LogP contribution in [0.3, 0.4) is 0 Å². The summed E-state index contributed by atoms with van der Waals surface area (Å²) in [6.07, 6.45) is 1.48. The number of rotatable bonds is 5. The number of halogens is 3. The van der Waals surface area contributed by atoms with Gasteiger partial charge in [-0.15, -0.1) is 0 Å². The summed E-state index contributed by atoms with van der Waals surface area (Å²) >= 11 is 5.84. The second-order valence-electron chi connectivity index (χ2n) is 7.26. The van der Waals surface area contributed by atoms with Crippen molar-refractivity contribution in [3.8, 4) is 34.5 Å². The van der Waals surface area contributed by atoms with E-state index >= 15 is 0 Å². The summed E-state index contributed by atoms with van der Waals surface area (Å²) in [5.41, 5.74) is 0.673. The molecular weight excluding hydrogens is 454 g/mol. The minimum atomic E-state index is -0.691. The Balaban J connectivity index is 1.39.